The zero-order valence-corrected chi connectivity index (χ0v) is 44.5. The molecule has 5 aromatic carbocycles. The van der Waals surface area contributed by atoms with Gasteiger partial charge in [0.25, 0.3) is 10.1 Å². The Balaban J connectivity index is 1.21. The fourth-order valence-corrected chi connectivity index (χ4v) is 9.97. The Morgan fingerprint density at radius 1 is 0.726 bits per heavy atom. The van der Waals surface area contributed by atoms with Crippen LogP contribution in [0.1, 0.15) is 24.5 Å². The van der Waals surface area contributed by atoms with Crippen molar-refractivity contribution in [3.05, 3.63) is 102 Å². The van der Waals surface area contributed by atoms with Crippen LogP contribution in [0.3, 0.4) is 0 Å². The van der Waals surface area contributed by atoms with Gasteiger partial charge in [-0.3, -0.25) is 4.55 Å². The maximum atomic E-state index is 11.8. The number of likely N-dealkylation sites (N-methyl/N-ethyl adjacent to an activating group) is 1. The Morgan fingerprint density at radius 3 is 2.16 bits per heavy atom. The molecule has 1 aliphatic rings. The summed E-state index contributed by atoms with van der Waals surface area (Å²) in [5.74, 6) is 1.73. The molecule has 0 aliphatic carbocycles. The van der Waals surface area contributed by atoms with Gasteiger partial charge in [0, 0.05) is 58.3 Å². The van der Waals surface area contributed by atoms with E-state index >= 15 is 0 Å². The van der Waals surface area contributed by atoms with E-state index in [0.717, 1.165) is 60.7 Å². The lowest BCUT2D eigenvalue weighted by atomic mass is 10.1. The molecule has 0 saturated heterocycles. The smallest absolute Gasteiger partial charge is 0.409 e. The maximum Gasteiger partial charge on any atom is 0.409 e. The van der Waals surface area contributed by atoms with Crippen LogP contribution in [-0.2, 0) is 40.3 Å². The number of aryl methyl sites for hydroxylation is 3. The Hall–Kier alpha value is -5.64. The van der Waals surface area contributed by atoms with Crippen molar-refractivity contribution in [3.63, 3.8) is 0 Å². The number of aromatic nitrogens is 1. The van der Waals surface area contributed by atoms with E-state index in [9.17, 15) is 13.0 Å². The molecule has 0 radical (unpaired) electrons. The SMILES string of the molecule is CCOCCOCCN1CCOCCOCCN(C)c2ccc(C)cc2OCCN(c2ccc(N=Nc3sc4ccc5ccccc5c4[n+]3CCCS(=O)(=O)O)cc2OCCOC)CCOc2cc(C)ccc21. The highest BCUT2D eigenvalue weighted by molar-refractivity contribution is 7.85. The number of anilines is 3. The predicted octanol–water partition coefficient (Wildman–Crippen LogP) is 8.98. The van der Waals surface area contributed by atoms with Crippen molar-refractivity contribution in [3.8, 4) is 17.2 Å². The number of hydrogen-bond donors (Lipinski definition) is 1. The third kappa shape index (κ3) is 16.4. The van der Waals surface area contributed by atoms with Gasteiger partial charge in [-0.05, 0) is 96.2 Å². The molecule has 19 heteroatoms. The topological polar surface area (TPSA) is 167 Å². The minimum atomic E-state index is -4.16. The van der Waals surface area contributed by atoms with Crippen molar-refractivity contribution >= 4 is 70.3 Å². The van der Waals surface area contributed by atoms with Crippen LogP contribution in [0.2, 0.25) is 0 Å². The number of ether oxygens (including phenoxy) is 8. The first-order valence-corrected chi connectivity index (χ1v) is 27.4. The van der Waals surface area contributed by atoms with Gasteiger partial charge in [-0.2, -0.15) is 8.42 Å². The molecule has 6 aromatic rings. The normalized spacial score (nSPS) is 15.0. The summed E-state index contributed by atoms with van der Waals surface area (Å²) in [6.45, 7) is 14.8. The van der Waals surface area contributed by atoms with E-state index in [1.807, 2.05) is 67.1 Å². The first-order valence-electron chi connectivity index (χ1n) is 25.0. The molecule has 0 bridgehead atoms. The maximum absolute atomic E-state index is 11.8. The fourth-order valence-electron chi connectivity index (χ4n) is 8.45. The number of nitrogens with zero attached hydrogens (tertiary/aromatic N) is 6. The third-order valence-corrected chi connectivity index (χ3v) is 14.0. The van der Waals surface area contributed by atoms with Crippen LogP contribution in [0, 0.1) is 13.8 Å². The van der Waals surface area contributed by atoms with Crippen LogP contribution < -0.4 is 33.5 Å². The van der Waals surface area contributed by atoms with Gasteiger partial charge in [0.05, 0.1) is 105 Å². The summed E-state index contributed by atoms with van der Waals surface area (Å²) in [6.07, 6.45) is 0.191. The van der Waals surface area contributed by atoms with Gasteiger partial charge in [-0.25, -0.2) is 4.57 Å². The highest BCUT2D eigenvalue weighted by atomic mass is 32.2. The molecule has 1 aromatic heterocycles. The van der Waals surface area contributed by atoms with Crippen LogP contribution in [0.15, 0.2) is 101 Å². The molecule has 17 nitrogen and oxygen atoms in total. The van der Waals surface area contributed by atoms with E-state index in [-0.39, 0.29) is 18.8 Å². The largest absolute Gasteiger partial charge is 0.490 e. The molecule has 0 atom stereocenters. The molecule has 394 valence electrons. The number of rotatable bonds is 18. The first kappa shape index (κ1) is 55.1. The molecule has 2 heterocycles. The molecule has 73 heavy (non-hydrogen) atoms. The predicted molar refractivity (Wildman–Crippen MR) is 289 cm³/mol. The van der Waals surface area contributed by atoms with E-state index < -0.39 is 10.1 Å². The number of benzene rings is 5. The second-order valence-corrected chi connectivity index (χ2v) is 20.2. The Bertz CT molecular complexity index is 2830. The standard InChI is InChI=1S/C54H70N6O11S2/c1-6-65-32-33-67-27-22-58-23-28-68-35-34-66-26-21-57(4)46-16-12-41(2)38-49(46)69-29-24-59(25-30-70-50-39-42(3)13-17-47(50)58)48-18-15-44(40-51(48)71-36-31-64-5)55-56-54-60(20-9-37-73(61,62)63)53-45-11-8-7-10-43(45)14-19-52(53)72-54/h7-8,10-19,38-40H,6,9,20-37H2,1-5H3/p+1. The summed E-state index contributed by atoms with van der Waals surface area (Å²) in [4.78, 5) is 6.59. The number of fused-ring (bicyclic) bond motifs is 5. The summed E-state index contributed by atoms with van der Waals surface area (Å²) in [5.41, 5.74) is 6.34. The Morgan fingerprint density at radius 2 is 1.42 bits per heavy atom. The second-order valence-electron chi connectivity index (χ2n) is 17.6. The zero-order valence-electron chi connectivity index (χ0n) is 42.8. The minimum Gasteiger partial charge on any atom is -0.490 e. The van der Waals surface area contributed by atoms with Crippen molar-refractivity contribution in [2.75, 3.05) is 147 Å². The average Bonchev–Trinajstić information content (AvgIpc) is 3.73. The molecule has 1 N–H and O–H groups in total. The van der Waals surface area contributed by atoms with Crippen LogP contribution in [0.4, 0.5) is 27.9 Å². The molecule has 0 fully saturated rings. The Labute approximate surface area is 433 Å². The molecular formula is C54H71N6O11S2+. The van der Waals surface area contributed by atoms with E-state index in [1.54, 1.807) is 7.11 Å². The summed E-state index contributed by atoms with van der Waals surface area (Å²) < 4.78 is 84.9. The van der Waals surface area contributed by atoms with Crippen LogP contribution in [0.5, 0.6) is 17.2 Å². The van der Waals surface area contributed by atoms with E-state index in [1.165, 1.54) is 11.3 Å². The number of methoxy groups -OCH3 is 1. The lowest BCUT2D eigenvalue weighted by Crippen LogP contribution is -2.34. The molecule has 0 spiro atoms. The van der Waals surface area contributed by atoms with Gasteiger partial charge in [-0.15, -0.1) is 0 Å². The van der Waals surface area contributed by atoms with Crippen LogP contribution >= 0.6 is 11.3 Å². The quantitative estimate of drug-likeness (QED) is 0.0375. The summed E-state index contributed by atoms with van der Waals surface area (Å²) in [7, 11) is -0.483. The number of azo groups is 1. The van der Waals surface area contributed by atoms with Crippen molar-refractivity contribution in [1.29, 1.82) is 0 Å². The summed E-state index contributed by atoms with van der Waals surface area (Å²) >= 11 is 1.46. The molecule has 0 unspecified atom stereocenters. The molecule has 7 rings (SSSR count). The van der Waals surface area contributed by atoms with Crippen LogP contribution in [0.25, 0.3) is 21.0 Å². The lowest BCUT2D eigenvalue weighted by molar-refractivity contribution is -0.654. The van der Waals surface area contributed by atoms with E-state index in [4.69, 9.17) is 48.1 Å². The third-order valence-electron chi connectivity index (χ3n) is 12.2. The van der Waals surface area contributed by atoms with E-state index in [2.05, 4.69) is 71.0 Å². The first-order chi connectivity index (χ1) is 35.5. The average molecular weight is 1040 g/mol. The highest BCUT2D eigenvalue weighted by Crippen LogP contribution is 2.37. The van der Waals surface area contributed by atoms with Crippen molar-refractivity contribution < 1.29 is 55.4 Å². The summed E-state index contributed by atoms with van der Waals surface area (Å²) in [6, 6.07) is 30.4. The van der Waals surface area contributed by atoms with E-state index in [0.29, 0.717) is 129 Å². The minimum absolute atomic E-state index is 0.191. The molecule has 1 aliphatic heterocycles. The van der Waals surface area contributed by atoms with Crippen molar-refractivity contribution in [1.82, 2.24) is 0 Å². The van der Waals surface area contributed by atoms with Gasteiger partial charge in [0.1, 0.15) is 42.8 Å². The Kier molecular flexibility index (Phi) is 21.3. The second kappa shape index (κ2) is 28.1. The van der Waals surface area contributed by atoms with Gasteiger partial charge in [-0.1, -0.05) is 42.5 Å². The molecule has 0 amide bonds. The van der Waals surface area contributed by atoms with Gasteiger partial charge in [0.15, 0.2) is 5.52 Å². The van der Waals surface area contributed by atoms with Gasteiger partial charge in [0.2, 0.25) is 0 Å². The monoisotopic (exact) mass is 1040 g/mol. The number of hydrogen-bond acceptors (Lipinski definition) is 16. The van der Waals surface area contributed by atoms with Gasteiger partial charge >= 0.3 is 5.13 Å². The lowest BCUT2D eigenvalue weighted by Gasteiger charge is -2.29. The van der Waals surface area contributed by atoms with Gasteiger partial charge < -0.3 is 52.6 Å². The molecule has 0 saturated carbocycles. The molecular weight excluding hydrogens is 973 g/mol. The highest BCUT2D eigenvalue weighted by Gasteiger charge is 2.24. The zero-order chi connectivity index (χ0) is 51.4. The summed E-state index contributed by atoms with van der Waals surface area (Å²) in [5, 5.41) is 12.2. The van der Waals surface area contributed by atoms with Crippen LogP contribution in [-0.4, -0.2) is 145 Å². The van der Waals surface area contributed by atoms with Crippen molar-refractivity contribution in [2.45, 2.75) is 33.7 Å². The van der Waals surface area contributed by atoms with Crippen molar-refractivity contribution in [2.24, 2.45) is 10.2 Å². The fraction of sp³-hybridized carbons (Fsp3) is 0.463. The number of thiazole rings is 1.